The number of fused-ring (bicyclic) bond motifs is 1. The summed E-state index contributed by atoms with van der Waals surface area (Å²) in [5, 5.41) is 14.5. The van der Waals surface area contributed by atoms with Crippen molar-refractivity contribution in [2.75, 3.05) is 5.32 Å². The number of anilines is 1. The molecule has 0 aliphatic carbocycles. The molecule has 4 N–H and O–H groups in total. The molecule has 0 aliphatic heterocycles. The van der Waals surface area contributed by atoms with E-state index in [-0.39, 0.29) is 11.8 Å². The van der Waals surface area contributed by atoms with E-state index in [0.717, 1.165) is 22.5 Å². The van der Waals surface area contributed by atoms with Gasteiger partial charge in [-0.05, 0) is 43.7 Å². The number of H-pyrrole nitrogens is 2. The number of benzene rings is 2. The summed E-state index contributed by atoms with van der Waals surface area (Å²) < 4.78 is 13.9. The average molecular weight is 427 g/mol. The molecule has 1 unspecified atom stereocenters. The van der Waals surface area contributed by atoms with Crippen LogP contribution in [0.2, 0.25) is 0 Å². The van der Waals surface area contributed by atoms with Crippen LogP contribution in [0.25, 0.3) is 33.3 Å². The largest absolute Gasteiger partial charge is 0.507 e. The van der Waals surface area contributed by atoms with Crippen molar-refractivity contribution in [1.82, 2.24) is 19.9 Å². The SMILES string of the molecule is Cc1cc(-c2ccccc2)c(C(C)Nc2ncnc3[nH]cc(-c4cc(F)ccc4O)c23)[nH]1. The molecule has 0 spiro atoms. The lowest BCUT2D eigenvalue weighted by Gasteiger charge is -2.17. The highest BCUT2D eigenvalue weighted by atomic mass is 19.1. The van der Waals surface area contributed by atoms with Crippen molar-refractivity contribution in [3.05, 3.63) is 84.3 Å². The average Bonchev–Trinajstić information content (AvgIpc) is 3.40. The molecule has 3 heterocycles. The van der Waals surface area contributed by atoms with Crippen molar-refractivity contribution in [1.29, 1.82) is 0 Å². The van der Waals surface area contributed by atoms with Crippen LogP contribution in [0.5, 0.6) is 5.75 Å². The van der Waals surface area contributed by atoms with E-state index >= 15 is 0 Å². The van der Waals surface area contributed by atoms with Gasteiger partial charge in [-0.2, -0.15) is 0 Å². The van der Waals surface area contributed by atoms with Crippen LogP contribution >= 0.6 is 0 Å². The highest BCUT2D eigenvalue weighted by Gasteiger charge is 2.20. The standard InChI is InChI=1S/C25H22FN5O/c1-14-10-18(16-6-4-3-5-7-16)23(30-14)15(2)31-25-22-20(12-27-24(22)28-13-29-25)19-11-17(26)8-9-21(19)32/h3-13,15,30,32H,1-2H3,(H2,27,28,29,31). The minimum atomic E-state index is -0.429. The van der Waals surface area contributed by atoms with Crippen LogP contribution in [0.1, 0.15) is 24.4 Å². The molecule has 160 valence electrons. The Bertz CT molecular complexity index is 1410. The lowest BCUT2D eigenvalue weighted by molar-refractivity contribution is 0.475. The van der Waals surface area contributed by atoms with Crippen molar-refractivity contribution in [3.8, 4) is 28.0 Å². The third kappa shape index (κ3) is 3.47. The minimum Gasteiger partial charge on any atom is -0.507 e. The number of nitrogens with zero attached hydrogens (tertiary/aromatic N) is 2. The van der Waals surface area contributed by atoms with Gasteiger partial charge in [0.05, 0.1) is 11.4 Å². The molecule has 5 aromatic rings. The second-order valence-corrected chi connectivity index (χ2v) is 7.82. The number of phenols is 1. The fraction of sp³-hybridized carbons (Fsp3) is 0.120. The van der Waals surface area contributed by atoms with Crippen LogP contribution in [0, 0.1) is 12.7 Å². The summed E-state index contributed by atoms with van der Waals surface area (Å²) in [5.74, 6) is 0.149. The fourth-order valence-corrected chi connectivity index (χ4v) is 4.09. The second-order valence-electron chi connectivity index (χ2n) is 7.82. The smallest absolute Gasteiger partial charge is 0.143 e. The summed E-state index contributed by atoms with van der Waals surface area (Å²) in [5.41, 5.74) is 5.93. The second kappa shape index (κ2) is 7.85. The molecule has 1 atom stereocenters. The third-order valence-electron chi connectivity index (χ3n) is 5.57. The summed E-state index contributed by atoms with van der Waals surface area (Å²) in [6.45, 7) is 4.08. The lowest BCUT2D eigenvalue weighted by atomic mass is 10.0. The first-order chi connectivity index (χ1) is 15.5. The number of rotatable bonds is 5. The van der Waals surface area contributed by atoms with Gasteiger partial charge in [-0.1, -0.05) is 30.3 Å². The van der Waals surface area contributed by atoms with Crippen LogP contribution in [0.15, 0.2) is 67.1 Å². The lowest BCUT2D eigenvalue weighted by Crippen LogP contribution is -2.10. The molecule has 0 radical (unpaired) electrons. The molecular weight excluding hydrogens is 405 g/mol. The number of aromatic hydroxyl groups is 1. The molecule has 0 saturated carbocycles. The van der Waals surface area contributed by atoms with E-state index < -0.39 is 5.82 Å². The Labute approximate surface area is 184 Å². The molecule has 0 fully saturated rings. The molecule has 0 aliphatic rings. The first-order valence-electron chi connectivity index (χ1n) is 10.3. The molecule has 0 saturated heterocycles. The first-order valence-corrected chi connectivity index (χ1v) is 10.3. The van der Waals surface area contributed by atoms with E-state index in [1.165, 1.54) is 24.5 Å². The third-order valence-corrected chi connectivity index (χ3v) is 5.57. The number of aryl methyl sites for hydroxylation is 1. The zero-order valence-electron chi connectivity index (χ0n) is 17.6. The number of aromatic amines is 2. The van der Waals surface area contributed by atoms with Crippen molar-refractivity contribution < 1.29 is 9.50 Å². The van der Waals surface area contributed by atoms with E-state index in [2.05, 4.69) is 50.4 Å². The maximum Gasteiger partial charge on any atom is 0.143 e. The number of hydrogen-bond acceptors (Lipinski definition) is 4. The molecule has 2 aromatic carbocycles. The van der Waals surface area contributed by atoms with E-state index in [1.54, 1.807) is 6.20 Å². The van der Waals surface area contributed by atoms with Gasteiger partial charge in [0.2, 0.25) is 0 Å². The molecule has 7 heteroatoms. The predicted octanol–water partition coefficient (Wildman–Crippen LogP) is 5.95. The van der Waals surface area contributed by atoms with E-state index in [9.17, 15) is 9.50 Å². The predicted molar refractivity (Wildman–Crippen MR) is 124 cm³/mol. The zero-order chi connectivity index (χ0) is 22.2. The van der Waals surface area contributed by atoms with Gasteiger partial charge in [-0.15, -0.1) is 0 Å². The number of hydrogen-bond donors (Lipinski definition) is 4. The van der Waals surface area contributed by atoms with Gasteiger partial charge < -0.3 is 20.4 Å². The summed E-state index contributed by atoms with van der Waals surface area (Å²) in [7, 11) is 0. The Morgan fingerprint density at radius 2 is 1.81 bits per heavy atom. The van der Waals surface area contributed by atoms with Crippen LogP contribution in [-0.2, 0) is 0 Å². The molecule has 5 rings (SSSR count). The monoisotopic (exact) mass is 427 g/mol. The summed E-state index contributed by atoms with van der Waals surface area (Å²) in [6, 6.07) is 16.1. The number of halogens is 1. The van der Waals surface area contributed by atoms with Crippen molar-refractivity contribution in [2.45, 2.75) is 19.9 Å². The normalized spacial score (nSPS) is 12.2. The Kier molecular flexibility index (Phi) is 4.86. The zero-order valence-corrected chi connectivity index (χ0v) is 17.6. The maximum absolute atomic E-state index is 13.9. The number of aromatic nitrogens is 4. The fourth-order valence-electron chi connectivity index (χ4n) is 4.09. The first kappa shape index (κ1) is 19.8. The summed E-state index contributed by atoms with van der Waals surface area (Å²) in [4.78, 5) is 15.3. The molecular formula is C25H22FN5O. The van der Waals surface area contributed by atoms with Crippen LogP contribution < -0.4 is 5.32 Å². The van der Waals surface area contributed by atoms with Gasteiger partial charge in [-0.3, -0.25) is 0 Å². The summed E-state index contributed by atoms with van der Waals surface area (Å²) >= 11 is 0. The van der Waals surface area contributed by atoms with Crippen LogP contribution in [0.4, 0.5) is 10.2 Å². The highest BCUT2D eigenvalue weighted by molar-refractivity contribution is 6.02. The van der Waals surface area contributed by atoms with Gasteiger partial charge in [0.15, 0.2) is 0 Å². The molecule has 3 aromatic heterocycles. The Morgan fingerprint density at radius 1 is 1.00 bits per heavy atom. The van der Waals surface area contributed by atoms with Gasteiger partial charge in [0, 0.05) is 34.3 Å². The maximum atomic E-state index is 13.9. The van der Waals surface area contributed by atoms with Crippen molar-refractivity contribution in [2.24, 2.45) is 0 Å². The van der Waals surface area contributed by atoms with Crippen molar-refractivity contribution in [3.63, 3.8) is 0 Å². The molecule has 32 heavy (non-hydrogen) atoms. The minimum absolute atomic E-state index is 0.0125. The van der Waals surface area contributed by atoms with Gasteiger partial charge in [0.25, 0.3) is 0 Å². The van der Waals surface area contributed by atoms with E-state index in [0.29, 0.717) is 28.0 Å². The van der Waals surface area contributed by atoms with Gasteiger partial charge in [0.1, 0.15) is 29.4 Å². The quantitative estimate of drug-likeness (QED) is 0.279. The molecule has 0 bridgehead atoms. The Hall–Kier alpha value is -4.13. The van der Waals surface area contributed by atoms with Crippen LogP contribution in [-0.4, -0.2) is 25.0 Å². The van der Waals surface area contributed by atoms with E-state index in [4.69, 9.17) is 0 Å². The van der Waals surface area contributed by atoms with Crippen LogP contribution in [0.3, 0.4) is 0 Å². The topological polar surface area (TPSA) is 89.6 Å². The van der Waals surface area contributed by atoms with E-state index in [1.807, 2.05) is 25.1 Å². The summed E-state index contributed by atoms with van der Waals surface area (Å²) in [6.07, 6.45) is 3.18. The highest BCUT2D eigenvalue weighted by Crippen LogP contribution is 2.38. The Balaban J connectivity index is 1.58. The van der Waals surface area contributed by atoms with Crippen molar-refractivity contribution >= 4 is 16.9 Å². The molecule has 0 amide bonds. The molecule has 6 nitrogen and oxygen atoms in total. The number of nitrogens with one attached hydrogen (secondary N) is 3. The Morgan fingerprint density at radius 3 is 2.62 bits per heavy atom. The number of phenolic OH excluding ortho intramolecular Hbond substituents is 1. The van der Waals surface area contributed by atoms with Gasteiger partial charge in [-0.25, -0.2) is 14.4 Å². The van der Waals surface area contributed by atoms with Gasteiger partial charge >= 0.3 is 0 Å².